The van der Waals surface area contributed by atoms with Crippen LogP contribution in [-0.4, -0.2) is 62.2 Å². The SMILES string of the molecule is CN(C)CCN1CC2COc3ccccc3N2C1=O. The normalized spacial score (nSPS) is 21.4. The molecule has 5 nitrogen and oxygen atoms in total. The van der Waals surface area contributed by atoms with Crippen LogP contribution in [0.25, 0.3) is 0 Å². The van der Waals surface area contributed by atoms with Gasteiger partial charge >= 0.3 is 6.03 Å². The molecule has 0 saturated carbocycles. The van der Waals surface area contributed by atoms with Crippen LogP contribution in [0.3, 0.4) is 0 Å². The van der Waals surface area contributed by atoms with Crippen molar-refractivity contribution in [2.24, 2.45) is 0 Å². The van der Waals surface area contributed by atoms with E-state index in [2.05, 4.69) is 4.90 Å². The number of anilines is 1. The monoisotopic (exact) mass is 261 g/mol. The summed E-state index contributed by atoms with van der Waals surface area (Å²) >= 11 is 0. The van der Waals surface area contributed by atoms with Crippen molar-refractivity contribution < 1.29 is 9.53 Å². The van der Waals surface area contributed by atoms with Crippen LogP contribution < -0.4 is 9.64 Å². The smallest absolute Gasteiger partial charge is 0.325 e. The van der Waals surface area contributed by atoms with Crippen LogP contribution in [0, 0.1) is 0 Å². The largest absolute Gasteiger partial charge is 0.489 e. The van der Waals surface area contributed by atoms with Crippen LogP contribution in [0.5, 0.6) is 5.75 Å². The molecule has 5 heteroatoms. The number of amides is 2. The Bertz CT molecular complexity index is 489. The molecule has 0 aromatic heterocycles. The second-order valence-electron chi connectivity index (χ2n) is 5.33. The van der Waals surface area contributed by atoms with E-state index < -0.39 is 0 Å². The van der Waals surface area contributed by atoms with Gasteiger partial charge in [0.05, 0.1) is 11.7 Å². The van der Waals surface area contributed by atoms with Crippen LogP contribution in [0.15, 0.2) is 24.3 Å². The van der Waals surface area contributed by atoms with Gasteiger partial charge in [-0.15, -0.1) is 0 Å². The second kappa shape index (κ2) is 4.74. The highest BCUT2D eigenvalue weighted by Gasteiger charge is 2.41. The molecule has 0 N–H and O–H groups in total. The maximum Gasteiger partial charge on any atom is 0.325 e. The van der Waals surface area contributed by atoms with E-state index in [1.807, 2.05) is 48.2 Å². The number of likely N-dealkylation sites (N-methyl/N-ethyl adjacent to an activating group) is 1. The second-order valence-corrected chi connectivity index (χ2v) is 5.33. The number of ether oxygens (including phenoxy) is 1. The molecule has 1 unspecified atom stereocenters. The van der Waals surface area contributed by atoms with Crippen molar-refractivity contribution in [3.05, 3.63) is 24.3 Å². The summed E-state index contributed by atoms with van der Waals surface area (Å²) < 4.78 is 5.73. The zero-order valence-electron chi connectivity index (χ0n) is 11.4. The maximum absolute atomic E-state index is 12.5. The third-order valence-electron chi connectivity index (χ3n) is 3.65. The van der Waals surface area contributed by atoms with Crippen molar-refractivity contribution in [3.8, 4) is 5.75 Å². The van der Waals surface area contributed by atoms with Gasteiger partial charge in [0.15, 0.2) is 0 Å². The summed E-state index contributed by atoms with van der Waals surface area (Å²) in [6, 6.07) is 7.99. The van der Waals surface area contributed by atoms with E-state index in [1.54, 1.807) is 0 Å². The van der Waals surface area contributed by atoms with Crippen molar-refractivity contribution in [3.63, 3.8) is 0 Å². The molecular formula is C14H19N3O2. The number of fused-ring (bicyclic) bond motifs is 3. The minimum Gasteiger partial charge on any atom is -0.489 e. The highest BCUT2D eigenvalue weighted by molar-refractivity contribution is 5.97. The molecule has 2 amide bonds. The van der Waals surface area contributed by atoms with Crippen molar-refractivity contribution >= 4 is 11.7 Å². The summed E-state index contributed by atoms with van der Waals surface area (Å²) in [6.45, 7) is 2.98. The molecule has 1 fully saturated rings. The number of nitrogens with zero attached hydrogens (tertiary/aromatic N) is 3. The lowest BCUT2D eigenvalue weighted by atomic mass is 10.2. The zero-order valence-corrected chi connectivity index (χ0v) is 11.4. The molecule has 2 aliphatic rings. The molecular weight excluding hydrogens is 242 g/mol. The minimum absolute atomic E-state index is 0.0996. The Morgan fingerprint density at radius 2 is 2.16 bits per heavy atom. The molecule has 102 valence electrons. The van der Waals surface area contributed by atoms with Gasteiger partial charge in [-0.05, 0) is 26.2 Å². The standard InChI is InChI=1S/C14H19N3O2/c1-15(2)7-8-16-9-11-10-19-13-6-4-3-5-12(13)17(11)14(16)18/h3-6,11H,7-10H2,1-2H3. The number of carbonyl (C=O) groups excluding carboxylic acids is 1. The Labute approximate surface area is 113 Å². The number of hydrogen-bond donors (Lipinski definition) is 0. The Morgan fingerprint density at radius 1 is 1.37 bits per heavy atom. The Balaban J connectivity index is 1.81. The third-order valence-corrected chi connectivity index (χ3v) is 3.65. The average Bonchev–Trinajstić information content (AvgIpc) is 2.73. The summed E-state index contributed by atoms with van der Waals surface area (Å²) in [4.78, 5) is 18.4. The Kier molecular flexibility index (Phi) is 3.06. The molecule has 2 heterocycles. The van der Waals surface area contributed by atoms with Gasteiger partial charge in [-0.1, -0.05) is 12.1 Å². The average molecular weight is 261 g/mol. The van der Waals surface area contributed by atoms with Crippen LogP contribution in [-0.2, 0) is 0 Å². The van der Waals surface area contributed by atoms with Crippen LogP contribution >= 0.6 is 0 Å². The molecule has 1 atom stereocenters. The fraction of sp³-hybridized carbons (Fsp3) is 0.500. The molecule has 1 aromatic carbocycles. The van der Waals surface area contributed by atoms with E-state index >= 15 is 0 Å². The fourth-order valence-corrected chi connectivity index (χ4v) is 2.62. The zero-order chi connectivity index (χ0) is 13.4. The fourth-order valence-electron chi connectivity index (χ4n) is 2.62. The maximum atomic E-state index is 12.5. The lowest BCUT2D eigenvalue weighted by Crippen LogP contribution is -2.41. The van der Waals surface area contributed by atoms with E-state index in [0.29, 0.717) is 6.61 Å². The number of urea groups is 1. The predicted octanol–water partition coefficient (Wildman–Crippen LogP) is 1.25. The van der Waals surface area contributed by atoms with Crippen molar-refractivity contribution in [2.45, 2.75) is 6.04 Å². The summed E-state index contributed by atoms with van der Waals surface area (Å²) in [7, 11) is 4.04. The first-order chi connectivity index (χ1) is 9.16. The Hall–Kier alpha value is -1.75. The number of carbonyl (C=O) groups is 1. The van der Waals surface area contributed by atoms with Gasteiger partial charge in [0.25, 0.3) is 0 Å². The molecule has 2 aliphatic heterocycles. The molecule has 1 saturated heterocycles. The van der Waals surface area contributed by atoms with Crippen LogP contribution in [0.4, 0.5) is 10.5 Å². The van der Waals surface area contributed by atoms with Gasteiger partial charge < -0.3 is 14.5 Å². The first-order valence-electron chi connectivity index (χ1n) is 6.61. The van der Waals surface area contributed by atoms with E-state index in [-0.39, 0.29) is 12.1 Å². The lowest BCUT2D eigenvalue weighted by molar-refractivity contribution is 0.214. The first kappa shape index (κ1) is 12.3. The van der Waals surface area contributed by atoms with Crippen LogP contribution in [0.2, 0.25) is 0 Å². The van der Waals surface area contributed by atoms with Gasteiger partial charge in [0, 0.05) is 19.6 Å². The highest BCUT2D eigenvalue weighted by atomic mass is 16.5. The van der Waals surface area contributed by atoms with Crippen LogP contribution in [0.1, 0.15) is 0 Å². The number of para-hydroxylation sites is 2. The quantitative estimate of drug-likeness (QED) is 0.821. The van der Waals surface area contributed by atoms with Gasteiger partial charge in [-0.25, -0.2) is 4.79 Å². The minimum atomic E-state index is 0.0996. The summed E-state index contributed by atoms with van der Waals surface area (Å²) in [5.74, 6) is 0.807. The molecule has 3 rings (SSSR count). The first-order valence-corrected chi connectivity index (χ1v) is 6.61. The van der Waals surface area contributed by atoms with Gasteiger partial charge in [0.2, 0.25) is 0 Å². The predicted molar refractivity (Wildman–Crippen MR) is 73.7 cm³/mol. The number of benzene rings is 1. The topological polar surface area (TPSA) is 36.0 Å². The van der Waals surface area contributed by atoms with Gasteiger partial charge in [0.1, 0.15) is 12.4 Å². The lowest BCUT2D eigenvalue weighted by Gasteiger charge is -2.30. The summed E-state index contributed by atoms with van der Waals surface area (Å²) in [6.07, 6.45) is 0. The molecule has 0 radical (unpaired) electrons. The van der Waals surface area contributed by atoms with Crippen molar-refractivity contribution in [1.82, 2.24) is 9.80 Å². The third kappa shape index (κ3) is 2.14. The molecule has 0 aliphatic carbocycles. The van der Waals surface area contributed by atoms with Gasteiger partial charge in [-0.3, -0.25) is 4.90 Å². The molecule has 0 bridgehead atoms. The van der Waals surface area contributed by atoms with Gasteiger partial charge in [-0.2, -0.15) is 0 Å². The summed E-state index contributed by atoms with van der Waals surface area (Å²) in [5.41, 5.74) is 0.899. The number of rotatable bonds is 3. The van der Waals surface area contributed by atoms with Crippen molar-refractivity contribution in [1.29, 1.82) is 0 Å². The van der Waals surface area contributed by atoms with E-state index in [0.717, 1.165) is 31.1 Å². The highest BCUT2D eigenvalue weighted by Crippen LogP contribution is 2.36. The summed E-state index contributed by atoms with van der Waals surface area (Å²) in [5, 5.41) is 0. The molecule has 1 aromatic rings. The van der Waals surface area contributed by atoms with E-state index in [4.69, 9.17) is 4.74 Å². The molecule has 19 heavy (non-hydrogen) atoms. The number of hydrogen-bond acceptors (Lipinski definition) is 3. The van der Waals surface area contributed by atoms with E-state index in [1.165, 1.54) is 0 Å². The van der Waals surface area contributed by atoms with E-state index in [9.17, 15) is 4.79 Å². The molecule has 0 spiro atoms. The van der Waals surface area contributed by atoms with Crippen molar-refractivity contribution in [2.75, 3.05) is 45.2 Å². The Morgan fingerprint density at radius 3 is 2.95 bits per heavy atom.